The lowest BCUT2D eigenvalue weighted by Crippen LogP contribution is -2.54. The van der Waals surface area contributed by atoms with E-state index in [0.717, 1.165) is 55.5 Å². The van der Waals surface area contributed by atoms with Crippen LogP contribution >= 0.6 is 11.9 Å². The van der Waals surface area contributed by atoms with Crippen LogP contribution in [0, 0.1) is 0 Å². The Bertz CT molecular complexity index is 878. The number of fused-ring (bicyclic) bond motifs is 1. The molecule has 0 spiro atoms. The van der Waals surface area contributed by atoms with Gasteiger partial charge in [0.05, 0.1) is 18.8 Å². The van der Waals surface area contributed by atoms with Crippen LogP contribution in [-0.2, 0) is 0 Å². The van der Waals surface area contributed by atoms with E-state index in [1.54, 1.807) is 19.1 Å². The summed E-state index contributed by atoms with van der Waals surface area (Å²) in [6.45, 7) is 4.47. The van der Waals surface area contributed by atoms with Gasteiger partial charge in [0.2, 0.25) is 0 Å². The third kappa shape index (κ3) is 4.95. The van der Waals surface area contributed by atoms with Crippen LogP contribution < -0.4 is 9.64 Å². The second-order valence-electron chi connectivity index (χ2n) is 9.22. The quantitative estimate of drug-likeness (QED) is 0.446. The minimum Gasteiger partial charge on any atom is -0.497 e. The maximum atomic E-state index is 12.3. The van der Waals surface area contributed by atoms with Crippen LogP contribution in [0.3, 0.4) is 0 Å². The zero-order valence-electron chi connectivity index (χ0n) is 20.6. The highest BCUT2D eigenvalue weighted by molar-refractivity contribution is 7.97. The topological polar surface area (TPSA) is 35.9 Å². The fourth-order valence-corrected chi connectivity index (χ4v) is 6.13. The summed E-state index contributed by atoms with van der Waals surface area (Å²) in [4.78, 5) is 3.36. The summed E-state index contributed by atoms with van der Waals surface area (Å²) < 4.78 is 7.93. The summed E-state index contributed by atoms with van der Waals surface area (Å²) in [5.74, 6) is 0.712. The van der Waals surface area contributed by atoms with Gasteiger partial charge in [0.1, 0.15) is 5.75 Å². The van der Waals surface area contributed by atoms with Crippen LogP contribution in [0.4, 0.5) is 5.69 Å². The van der Waals surface area contributed by atoms with Gasteiger partial charge in [-0.2, -0.15) is 0 Å². The van der Waals surface area contributed by atoms with Gasteiger partial charge in [-0.1, -0.05) is 51.7 Å². The van der Waals surface area contributed by atoms with E-state index in [4.69, 9.17) is 4.74 Å². The van der Waals surface area contributed by atoms with E-state index in [1.807, 2.05) is 12.1 Å². The van der Waals surface area contributed by atoms with Crippen LogP contribution in [0.15, 0.2) is 47.4 Å². The first kappa shape index (κ1) is 24.9. The predicted molar refractivity (Wildman–Crippen MR) is 137 cm³/mol. The number of likely N-dealkylation sites (N-methyl/N-ethyl adjacent to an activating group) is 1. The van der Waals surface area contributed by atoms with Gasteiger partial charge in [0.15, 0.2) is 0 Å². The fraction of sp³-hybridized carbons (Fsp3) is 0.556. The Labute approximate surface area is 199 Å². The largest absolute Gasteiger partial charge is 0.497 e. The Morgan fingerprint density at radius 1 is 1.06 bits per heavy atom. The summed E-state index contributed by atoms with van der Waals surface area (Å²) in [5.41, 5.74) is 3.18. The summed E-state index contributed by atoms with van der Waals surface area (Å²) in [5, 5.41) is 12.3. The van der Waals surface area contributed by atoms with Crippen molar-refractivity contribution in [3.05, 3.63) is 53.6 Å². The molecule has 4 nitrogen and oxygen atoms in total. The lowest BCUT2D eigenvalue weighted by Gasteiger charge is -2.45. The second-order valence-corrected chi connectivity index (χ2v) is 10.4. The minimum atomic E-state index is -0.524. The van der Waals surface area contributed by atoms with Gasteiger partial charge in [-0.25, -0.2) is 4.31 Å². The van der Waals surface area contributed by atoms with Gasteiger partial charge in [0.25, 0.3) is 0 Å². The molecule has 3 rings (SSSR count). The molecule has 1 aliphatic heterocycles. The Kier molecular flexibility index (Phi) is 8.54. The molecular formula is C27H40N2O2S. The van der Waals surface area contributed by atoms with Crippen LogP contribution in [0.25, 0.3) is 0 Å². The zero-order chi connectivity index (χ0) is 23.3. The Hall–Kier alpha value is -1.69. The van der Waals surface area contributed by atoms with Gasteiger partial charge in [0, 0.05) is 30.6 Å². The monoisotopic (exact) mass is 456 g/mol. The van der Waals surface area contributed by atoms with E-state index in [-0.39, 0.29) is 11.5 Å². The normalized spacial score (nSPS) is 20.5. The highest BCUT2D eigenvalue weighted by Gasteiger charge is 2.48. The molecule has 1 aliphatic rings. The molecule has 0 radical (unpaired) electrons. The number of unbranched alkanes of at least 4 members (excludes halogenated alkanes) is 2. The summed E-state index contributed by atoms with van der Waals surface area (Å²) in [6.07, 6.45) is 5.92. The molecule has 5 heteroatoms. The molecule has 2 aromatic carbocycles. The van der Waals surface area contributed by atoms with Crippen molar-refractivity contribution in [3.63, 3.8) is 0 Å². The lowest BCUT2D eigenvalue weighted by atomic mass is 9.72. The molecule has 0 saturated heterocycles. The molecule has 1 N–H and O–H groups in total. The second kappa shape index (κ2) is 11.0. The van der Waals surface area contributed by atoms with Crippen molar-refractivity contribution in [1.82, 2.24) is 4.31 Å². The lowest BCUT2D eigenvalue weighted by molar-refractivity contribution is 0.000464. The van der Waals surface area contributed by atoms with E-state index in [2.05, 4.69) is 74.5 Å². The molecule has 0 aliphatic carbocycles. The molecule has 176 valence electrons. The van der Waals surface area contributed by atoms with Gasteiger partial charge < -0.3 is 14.7 Å². The van der Waals surface area contributed by atoms with E-state index in [0.29, 0.717) is 0 Å². The number of aliphatic hydroxyl groups excluding tert-OH is 1. The van der Waals surface area contributed by atoms with E-state index >= 15 is 0 Å². The molecule has 2 atom stereocenters. The first-order valence-corrected chi connectivity index (χ1v) is 12.7. The van der Waals surface area contributed by atoms with E-state index in [1.165, 1.54) is 10.5 Å². The van der Waals surface area contributed by atoms with E-state index in [9.17, 15) is 5.11 Å². The van der Waals surface area contributed by atoms with Gasteiger partial charge in [-0.15, -0.1) is 0 Å². The third-order valence-corrected chi connectivity index (χ3v) is 8.16. The number of anilines is 1. The van der Waals surface area contributed by atoms with Crippen molar-refractivity contribution in [2.75, 3.05) is 33.2 Å². The molecule has 32 heavy (non-hydrogen) atoms. The van der Waals surface area contributed by atoms with Crippen LogP contribution in [-0.4, -0.2) is 49.3 Å². The van der Waals surface area contributed by atoms with Crippen molar-refractivity contribution in [1.29, 1.82) is 0 Å². The number of methoxy groups -OCH3 is 1. The summed E-state index contributed by atoms with van der Waals surface area (Å²) in [7, 11) is 8.02. The number of rotatable bonds is 9. The van der Waals surface area contributed by atoms with Gasteiger partial charge in [-0.05, 0) is 73.3 Å². The first-order valence-electron chi connectivity index (χ1n) is 11.9. The first-order chi connectivity index (χ1) is 15.4. The highest BCUT2D eigenvalue weighted by Crippen LogP contribution is 2.50. The van der Waals surface area contributed by atoms with Crippen molar-refractivity contribution in [2.45, 2.75) is 74.8 Å². The molecule has 0 fully saturated rings. The molecule has 2 aromatic rings. The molecule has 0 saturated carbocycles. The Morgan fingerprint density at radius 2 is 1.75 bits per heavy atom. The SMILES string of the molecule is CCCCC1(CCCC)C(O)C(c2cccc(OC)c2)c2cc(N(C)C)ccc2SN1C. The molecule has 1 heterocycles. The van der Waals surface area contributed by atoms with Crippen LogP contribution in [0.2, 0.25) is 0 Å². The maximum Gasteiger partial charge on any atom is 0.119 e. The number of ether oxygens (including phenoxy) is 1. The average molecular weight is 457 g/mol. The van der Waals surface area contributed by atoms with Crippen molar-refractivity contribution in [3.8, 4) is 5.75 Å². The van der Waals surface area contributed by atoms with Gasteiger partial charge >= 0.3 is 0 Å². The standard InChI is InChI=1S/C27H40N2O2S/c1-7-9-16-27(17-10-8-2)26(30)25(20-12-11-13-22(18-20)31-6)23-19-21(28(3)4)14-15-24(23)32-29(27)5/h11-15,18-19,25-26,30H,7-10,16-17H2,1-6H3. The van der Waals surface area contributed by atoms with Crippen molar-refractivity contribution in [2.24, 2.45) is 0 Å². The Morgan fingerprint density at radius 3 is 2.34 bits per heavy atom. The number of benzene rings is 2. The molecule has 0 aromatic heterocycles. The molecule has 0 bridgehead atoms. The predicted octanol–water partition coefficient (Wildman–Crippen LogP) is 6.33. The number of nitrogens with zero attached hydrogens (tertiary/aromatic N) is 2. The fourth-order valence-electron chi connectivity index (χ4n) is 4.94. The summed E-state index contributed by atoms with van der Waals surface area (Å²) >= 11 is 1.80. The average Bonchev–Trinajstić information content (AvgIpc) is 2.88. The number of hydrogen-bond acceptors (Lipinski definition) is 5. The Balaban J connectivity index is 2.23. The van der Waals surface area contributed by atoms with E-state index < -0.39 is 6.10 Å². The minimum absolute atomic E-state index is 0.119. The maximum absolute atomic E-state index is 12.3. The van der Waals surface area contributed by atoms with Crippen LogP contribution in [0.1, 0.15) is 69.4 Å². The number of aliphatic hydroxyl groups is 1. The number of hydrogen-bond donors (Lipinski definition) is 1. The van der Waals surface area contributed by atoms with Crippen molar-refractivity contribution >= 4 is 17.6 Å². The molecule has 0 amide bonds. The zero-order valence-corrected chi connectivity index (χ0v) is 21.4. The third-order valence-electron chi connectivity index (χ3n) is 6.95. The highest BCUT2D eigenvalue weighted by atomic mass is 32.2. The summed E-state index contributed by atoms with van der Waals surface area (Å²) in [6, 6.07) is 14.9. The molecular weight excluding hydrogens is 416 g/mol. The smallest absolute Gasteiger partial charge is 0.119 e. The van der Waals surface area contributed by atoms with Gasteiger partial charge in [-0.3, -0.25) is 0 Å². The van der Waals surface area contributed by atoms with Crippen molar-refractivity contribution < 1.29 is 9.84 Å². The van der Waals surface area contributed by atoms with Crippen LogP contribution in [0.5, 0.6) is 5.75 Å². The molecule has 2 unspecified atom stereocenters.